The van der Waals surface area contributed by atoms with Crippen LogP contribution in [-0.4, -0.2) is 74.3 Å². The highest BCUT2D eigenvalue weighted by Gasteiger charge is 2.20. The largest absolute Gasteiger partial charge is 0.490 e. The number of aliphatic hydroxyl groups is 1. The number of aliphatic hydroxyl groups excluding tert-OH is 1. The van der Waals surface area contributed by atoms with Gasteiger partial charge in [-0.3, -0.25) is 4.72 Å². The van der Waals surface area contributed by atoms with Crippen LogP contribution in [0.15, 0.2) is 65.8 Å². The van der Waals surface area contributed by atoms with Gasteiger partial charge in [-0.1, -0.05) is 12.1 Å². The van der Waals surface area contributed by atoms with Gasteiger partial charge in [-0.15, -0.1) is 0 Å². The first kappa shape index (κ1) is 26.4. The van der Waals surface area contributed by atoms with Gasteiger partial charge in [0, 0.05) is 30.0 Å². The number of anilines is 2. The third-order valence-corrected chi connectivity index (χ3v) is 8.70. The zero-order valence-electron chi connectivity index (χ0n) is 21.7. The van der Waals surface area contributed by atoms with E-state index >= 15 is 0 Å². The van der Waals surface area contributed by atoms with Gasteiger partial charge in [0.2, 0.25) is 0 Å². The lowest BCUT2D eigenvalue weighted by atomic mass is 9.98. The van der Waals surface area contributed by atoms with E-state index in [1.807, 2.05) is 18.2 Å². The van der Waals surface area contributed by atoms with E-state index in [4.69, 9.17) is 4.74 Å². The van der Waals surface area contributed by atoms with E-state index in [2.05, 4.69) is 31.5 Å². The second-order valence-electron chi connectivity index (χ2n) is 10.2. The number of rotatable bonds is 8. The average Bonchev–Trinajstić information content (AvgIpc) is 2.93. The first-order valence-electron chi connectivity index (χ1n) is 13.2. The SMILES string of the molecule is CN1CCC(COc2cnc(-c3cccc(NS(=O)(=O)c4ccc(N5CCC(O)CC5)cc4)c3)nc2)CC1. The molecule has 0 bridgehead atoms. The van der Waals surface area contributed by atoms with Gasteiger partial charge in [0.05, 0.1) is 30.0 Å². The third kappa shape index (κ3) is 6.61. The molecule has 2 saturated heterocycles. The minimum atomic E-state index is -3.77. The molecule has 0 unspecified atom stereocenters. The quantitative estimate of drug-likeness (QED) is 0.449. The van der Waals surface area contributed by atoms with Crippen LogP contribution in [0, 0.1) is 5.92 Å². The van der Waals surface area contributed by atoms with Crippen molar-refractivity contribution >= 4 is 21.4 Å². The topological polar surface area (TPSA) is 108 Å². The van der Waals surface area contributed by atoms with E-state index in [0.29, 0.717) is 35.3 Å². The summed E-state index contributed by atoms with van der Waals surface area (Å²) in [5.41, 5.74) is 2.09. The molecule has 3 aromatic rings. The fourth-order valence-corrected chi connectivity index (χ4v) is 5.93. The van der Waals surface area contributed by atoms with E-state index in [1.54, 1.807) is 42.7 Å². The number of ether oxygens (including phenoxy) is 1. The molecule has 38 heavy (non-hydrogen) atoms. The molecular weight excluding hydrogens is 502 g/mol. The summed E-state index contributed by atoms with van der Waals surface area (Å²) in [4.78, 5) is 13.6. The number of aromatic nitrogens is 2. The second-order valence-corrected chi connectivity index (χ2v) is 11.9. The predicted octanol–water partition coefficient (Wildman–Crippen LogP) is 3.63. The minimum Gasteiger partial charge on any atom is -0.490 e. The first-order valence-corrected chi connectivity index (χ1v) is 14.6. The normalized spacial score (nSPS) is 17.9. The number of benzene rings is 2. The molecule has 0 spiro atoms. The molecule has 202 valence electrons. The van der Waals surface area contributed by atoms with E-state index in [1.165, 1.54) is 0 Å². The van der Waals surface area contributed by atoms with Crippen LogP contribution in [0.1, 0.15) is 25.7 Å². The van der Waals surface area contributed by atoms with E-state index in [-0.39, 0.29) is 11.0 Å². The summed E-state index contributed by atoms with van der Waals surface area (Å²) in [6, 6.07) is 13.9. The molecule has 9 nitrogen and oxygen atoms in total. The van der Waals surface area contributed by atoms with Crippen molar-refractivity contribution in [3.63, 3.8) is 0 Å². The molecule has 1 aromatic heterocycles. The van der Waals surface area contributed by atoms with Crippen LogP contribution >= 0.6 is 0 Å². The number of hydrogen-bond donors (Lipinski definition) is 2. The summed E-state index contributed by atoms with van der Waals surface area (Å²) in [7, 11) is -1.63. The lowest BCUT2D eigenvalue weighted by Gasteiger charge is -2.31. The van der Waals surface area contributed by atoms with Crippen molar-refractivity contribution in [2.24, 2.45) is 5.92 Å². The maximum Gasteiger partial charge on any atom is 0.261 e. The number of nitrogens with zero attached hydrogens (tertiary/aromatic N) is 4. The van der Waals surface area contributed by atoms with Crippen LogP contribution in [0.2, 0.25) is 0 Å². The molecule has 2 aromatic carbocycles. The van der Waals surface area contributed by atoms with Crippen molar-refractivity contribution in [1.82, 2.24) is 14.9 Å². The van der Waals surface area contributed by atoms with Crippen molar-refractivity contribution in [3.8, 4) is 17.1 Å². The molecule has 2 fully saturated rings. The van der Waals surface area contributed by atoms with Crippen LogP contribution in [0.4, 0.5) is 11.4 Å². The lowest BCUT2D eigenvalue weighted by molar-refractivity contribution is 0.145. The van der Waals surface area contributed by atoms with Gasteiger partial charge in [0.15, 0.2) is 11.6 Å². The highest BCUT2D eigenvalue weighted by Crippen LogP contribution is 2.26. The van der Waals surface area contributed by atoms with Crippen LogP contribution < -0.4 is 14.4 Å². The number of likely N-dealkylation sites (tertiary alicyclic amines) is 1. The molecule has 0 saturated carbocycles. The Balaban J connectivity index is 1.20. The van der Waals surface area contributed by atoms with E-state index in [9.17, 15) is 13.5 Å². The lowest BCUT2D eigenvalue weighted by Crippen LogP contribution is -2.35. The van der Waals surface area contributed by atoms with Crippen molar-refractivity contribution in [2.75, 3.05) is 49.5 Å². The van der Waals surface area contributed by atoms with Crippen molar-refractivity contribution < 1.29 is 18.3 Å². The number of piperidine rings is 2. The second kappa shape index (κ2) is 11.7. The van der Waals surface area contributed by atoms with Crippen LogP contribution in [-0.2, 0) is 10.0 Å². The van der Waals surface area contributed by atoms with Crippen molar-refractivity contribution in [2.45, 2.75) is 36.7 Å². The summed E-state index contributed by atoms with van der Waals surface area (Å²) in [6.07, 6.45) is 6.78. The van der Waals surface area contributed by atoms with Gasteiger partial charge in [0.1, 0.15) is 0 Å². The van der Waals surface area contributed by atoms with Crippen LogP contribution in [0.3, 0.4) is 0 Å². The Morgan fingerprint density at radius 3 is 2.34 bits per heavy atom. The highest BCUT2D eigenvalue weighted by atomic mass is 32.2. The third-order valence-electron chi connectivity index (χ3n) is 7.30. The van der Waals surface area contributed by atoms with Crippen LogP contribution in [0.5, 0.6) is 5.75 Å². The van der Waals surface area contributed by atoms with Gasteiger partial charge in [-0.05, 0) is 88.1 Å². The standard InChI is InChI=1S/C28H35N5O4S/c1-32-13-9-21(10-14-32)20-37-26-18-29-28(30-19-26)22-3-2-4-23(17-22)31-38(35,36)27-7-5-24(6-8-27)33-15-11-25(34)12-16-33/h2-8,17-19,21,25,31,34H,9-16,20H2,1H3. The van der Waals surface area contributed by atoms with Gasteiger partial charge < -0.3 is 19.6 Å². The minimum absolute atomic E-state index is 0.186. The van der Waals surface area contributed by atoms with Gasteiger partial charge in [-0.2, -0.15) is 0 Å². The Morgan fingerprint density at radius 2 is 1.66 bits per heavy atom. The maximum atomic E-state index is 13.0. The molecule has 0 atom stereocenters. The van der Waals surface area contributed by atoms with E-state index < -0.39 is 10.0 Å². The molecular formula is C28H35N5O4S. The summed E-state index contributed by atoms with van der Waals surface area (Å²) in [5.74, 6) is 1.67. The molecule has 2 aliphatic heterocycles. The fourth-order valence-electron chi connectivity index (χ4n) is 4.88. The van der Waals surface area contributed by atoms with Crippen molar-refractivity contribution in [3.05, 3.63) is 60.9 Å². The monoisotopic (exact) mass is 537 g/mol. The Labute approximate surface area is 224 Å². The molecule has 5 rings (SSSR count). The molecule has 2 aliphatic rings. The average molecular weight is 538 g/mol. The maximum absolute atomic E-state index is 13.0. The zero-order chi connectivity index (χ0) is 26.5. The Kier molecular flexibility index (Phi) is 8.11. The van der Waals surface area contributed by atoms with Gasteiger partial charge >= 0.3 is 0 Å². The fraction of sp³-hybridized carbons (Fsp3) is 0.429. The van der Waals surface area contributed by atoms with Crippen LogP contribution in [0.25, 0.3) is 11.4 Å². The Hall–Kier alpha value is -3.21. The van der Waals surface area contributed by atoms with Gasteiger partial charge in [-0.25, -0.2) is 18.4 Å². The first-order chi connectivity index (χ1) is 18.4. The van der Waals surface area contributed by atoms with Crippen molar-refractivity contribution in [1.29, 1.82) is 0 Å². The molecule has 10 heteroatoms. The number of hydrogen-bond acceptors (Lipinski definition) is 8. The smallest absolute Gasteiger partial charge is 0.261 e. The highest BCUT2D eigenvalue weighted by molar-refractivity contribution is 7.92. The Morgan fingerprint density at radius 1 is 0.974 bits per heavy atom. The summed E-state index contributed by atoms with van der Waals surface area (Å²) in [6.45, 7) is 4.37. The molecule has 0 aliphatic carbocycles. The number of nitrogens with one attached hydrogen (secondary N) is 1. The predicted molar refractivity (Wildman–Crippen MR) is 148 cm³/mol. The molecule has 0 radical (unpaired) electrons. The van der Waals surface area contributed by atoms with Gasteiger partial charge in [0.25, 0.3) is 10.0 Å². The zero-order valence-corrected chi connectivity index (χ0v) is 22.5. The molecule has 3 heterocycles. The molecule has 2 N–H and O–H groups in total. The summed E-state index contributed by atoms with van der Waals surface area (Å²) >= 11 is 0. The number of sulfonamides is 1. The van der Waals surface area contributed by atoms with E-state index in [0.717, 1.165) is 57.5 Å². The molecule has 0 amide bonds. The Bertz CT molecular complexity index is 1300. The summed E-state index contributed by atoms with van der Waals surface area (Å²) in [5, 5.41) is 9.71. The summed E-state index contributed by atoms with van der Waals surface area (Å²) < 4.78 is 34.6.